The molecular weight excluding hydrogens is 217 g/mol. The molecule has 0 unspecified atom stereocenters. The van der Waals surface area contributed by atoms with Gasteiger partial charge in [-0.3, -0.25) is 4.68 Å². The molecule has 0 N–H and O–H groups in total. The van der Waals surface area contributed by atoms with Gasteiger partial charge in [-0.15, -0.1) is 0 Å². The predicted molar refractivity (Wildman–Crippen MR) is 54.0 cm³/mol. The van der Waals surface area contributed by atoms with Crippen LogP contribution in [0.5, 0.6) is 0 Å². The van der Waals surface area contributed by atoms with Gasteiger partial charge in [0.2, 0.25) is 0 Å². The average Bonchev–Trinajstić information content (AvgIpc) is 2.61. The lowest BCUT2D eigenvalue weighted by Crippen LogP contribution is -2.09. The van der Waals surface area contributed by atoms with E-state index >= 15 is 0 Å². The Bertz CT molecular complexity index is 362. The third-order valence-corrected chi connectivity index (χ3v) is 3.23. The van der Waals surface area contributed by atoms with Gasteiger partial charge < -0.3 is 0 Å². The molecule has 0 saturated heterocycles. The number of rotatable bonds is 1. The van der Waals surface area contributed by atoms with E-state index in [1.807, 2.05) is 0 Å². The van der Waals surface area contributed by atoms with Crippen LogP contribution in [0.3, 0.4) is 0 Å². The fourth-order valence-corrected chi connectivity index (χ4v) is 2.40. The zero-order chi connectivity index (χ0) is 11.8. The minimum Gasteiger partial charge on any atom is -0.272 e. The quantitative estimate of drug-likeness (QED) is 0.724. The highest BCUT2D eigenvalue weighted by Crippen LogP contribution is 2.35. The van der Waals surface area contributed by atoms with Crippen LogP contribution in [0.2, 0.25) is 0 Å². The second-order valence-corrected chi connectivity index (χ2v) is 4.41. The molecule has 0 aromatic carbocycles. The van der Waals surface area contributed by atoms with Gasteiger partial charge in [-0.05, 0) is 18.9 Å². The third-order valence-electron chi connectivity index (χ3n) is 3.23. The second kappa shape index (κ2) is 4.11. The van der Waals surface area contributed by atoms with Gasteiger partial charge >= 0.3 is 6.18 Å². The Hall–Kier alpha value is -1.00. The predicted octanol–water partition coefficient (Wildman–Crippen LogP) is 3.49. The molecule has 16 heavy (non-hydrogen) atoms. The minimum absolute atomic E-state index is 0.252. The Morgan fingerprint density at radius 2 is 1.88 bits per heavy atom. The van der Waals surface area contributed by atoms with Crippen LogP contribution >= 0.6 is 0 Å². The zero-order valence-corrected chi connectivity index (χ0v) is 9.22. The van der Waals surface area contributed by atoms with E-state index in [0.29, 0.717) is 0 Å². The topological polar surface area (TPSA) is 17.8 Å². The maximum absolute atomic E-state index is 12.5. The summed E-state index contributed by atoms with van der Waals surface area (Å²) in [5, 5.41) is 3.55. The van der Waals surface area contributed by atoms with Crippen LogP contribution in [0.4, 0.5) is 13.2 Å². The molecule has 2 nitrogen and oxygen atoms in total. The summed E-state index contributed by atoms with van der Waals surface area (Å²) in [5.41, 5.74) is -0.0393. The highest BCUT2D eigenvalue weighted by Gasteiger charge is 2.35. The van der Waals surface area contributed by atoms with E-state index in [1.165, 1.54) is 17.2 Å². The second-order valence-electron chi connectivity index (χ2n) is 4.41. The molecule has 0 amide bonds. The van der Waals surface area contributed by atoms with Crippen LogP contribution in [-0.4, -0.2) is 9.78 Å². The first-order valence-electron chi connectivity index (χ1n) is 5.59. The van der Waals surface area contributed by atoms with Crippen molar-refractivity contribution in [3.8, 4) is 0 Å². The molecule has 1 aromatic rings. The van der Waals surface area contributed by atoms with Crippen molar-refractivity contribution in [2.75, 3.05) is 0 Å². The number of aryl methyl sites for hydroxylation is 1. The number of halogens is 3. The van der Waals surface area contributed by atoms with Crippen molar-refractivity contribution in [2.24, 2.45) is 7.05 Å². The Morgan fingerprint density at radius 3 is 2.38 bits per heavy atom. The van der Waals surface area contributed by atoms with Crippen LogP contribution in [0.15, 0.2) is 6.07 Å². The molecule has 1 aliphatic rings. The van der Waals surface area contributed by atoms with Crippen LogP contribution in [0, 0.1) is 0 Å². The van der Waals surface area contributed by atoms with Crippen LogP contribution in [-0.2, 0) is 13.2 Å². The number of alkyl halides is 3. The van der Waals surface area contributed by atoms with Gasteiger partial charge in [0.1, 0.15) is 0 Å². The van der Waals surface area contributed by atoms with Crippen LogP contribution in [0.1, 0.15) is 49.4 Å². The molecule has 0 spiro atoms. The number of hydrogen-bond acceptors (Lipinski definition) is 1. The summed E-state index contributed by atoms with van der Waals surface area (Å²) in [6.45, 7) is 0. The van der Waals surface area contributed by atoms with Crippen LogP contribution < -0.4 is 0 Å². The van der Waals surface area contributed by atoms with Crippen molar-refractivity contribution in [1.82, 2.24) is 9.78 Å². The van der Waals surface area contributed by atoms with E-state index in [4.69, 9.17) is 0 Å². The number of hydrogen-bond donors (Lipinski definition) is 0. The summed E-state index contributed by atoms with van der Waals surface area (Å²) in [5.74, 6) is 0.252. The SMILES string of the molecule is Cn1nc(C(F)(F)F)cc1C1CCCCC1. The molecule has 1 heterocycles. The molecule has 5 heteroatoms. The van der Waals surface area contributed by atoms with Gasteiger partial charge in [0.25, 0.3) is 0 Å². The first-order valence-corrected chi connectivity index (χ1v) is 5.59. The fourth-order valence-electron chi connectivity index (χ4n) is 2.40. The highest BCUT2D eigenvalue weighted by atomic mass is 19.4. The molecule has 0 radical (unpaired) electrons. The fraction of sp³-hybridized carbons (Fsp3) is 0.727. The zero-order valence-electron chi connectivity index (χ0n) is 9.22. The molecule has 1 fully saturated rings. The van der Waals surface area contributed by atoms with E-state index in [-0.39, 0.29) is 5.92 Å². The smallest absolute Gasteiger partial charge is 0.272 e. The lowest BCUT2D eigenvalue weighted by atomic mass is 9.87. The summed E-state index contributed by atoms with van der Waals surface area (Å²) in [6, 6.07) is 1.20. The molecule has 1 aromatic heterocycles. The standard InChI is InChI=1S/C11H15F3N2/c1-16-9(8-5-3-2-4-6-8)7-10(15-16)11(12,13)14/h7-8H,2-6H2,1H3. The van der Waals surface area contributed by atoms with Crippen molar-refractivity contribution in [2.45, 2.75) is 44.2 Å². The molecule has 2 rings (SSSR count). The van der Waals surface area contributed by atoms with Crippen molar-refractivity contribution in [1.29, 1.82) is 0 Å². The molecule has 0 bridgehead atoms. The average molecular weight is 232 g/mol. The van der Waals surface area contributed by atoms with Gasteiger partial charge in [0.05, 0.1) is 0 Å². The lowest BCUT2D eigenvalue weighted by Gasteiger charge is -2.21. The Balaban J connectivity index is 2.24. The van der Waals surface area contributed by atoms with Gasteiger partial charge in [0.15, 0.2) is 5.69 Å². The minimum atomic E-state index is -4.33. The maximum atomic E-state index is 12.5. The lowest BCUT2D eigenvalue weighted by molar-refractivity contribution is -0.141. The summed E-state index contributed by atoms with van der Waals surface area (Å²) < 4.78 is 38.8. The van der Waals surface area contributed by atoms with Crippen molar-refractivity contribution >= 4 is 0 Å². The summed E-state index contributed by atoms with van der Waals surface area (Å²) >= 11 is 0. The van der Waals surface area contributed by atoms with Crippen LogP contribution in [0.25, 0.3) is 0 Å². The van der Waals surface area contributed by atoms with Gasteiger partial charge in [-0.25, -0.2) is 0 Å². The van der Waals surface area contributed by atoms with Crippen molar-refractivity contribution < 1.29 is 13.2 Å². The van der Waals surface area contributed by atoms with E-state index in [1.54, 1.807) is 7.05 Å². The highest BCUT2D eigenvalue weighted by molar-refractivity contribution is 5.17. The molecule has 0 atom stereocenters. The Labute approximate surface area is 92.4 Å². The molecule has 1 saturated carbocycles. The monoisotopic (exact) mass is 232 g/mol. The molecule has 0 aliphatic heterocycles. The summed E-state index contributed by atoms with van der Waals surface area (Å²) in [7, 11) is 1.60. The summed E-state index contributed by atoms with van der Waals surface area (Å²) in [6.07, 6.45) is 1.05. The Kier molecular flexibility index (Phi) is 2.95. The first-order chi connectivity index (χ1) is 7.48. The van der Waals surface area contributed by atoms with Gasteiger partial charge in [0, 0.05) is 18.7 Å². The van der Waals surface area contributed by atoms with Crippen molar-refractivity contribution in [3.05, 3.63) is 17.5 Å². The van der Waals surface area contributed by atoms with Gasteiger partial charge in [-0.1, -0.05) is 19.3 Å². The molecule has 1 aliphatic carbocycles. The van der Waals surface area contributed by atoms with Crippen molar-refractivity contribution in [3.63, 3.8) is 0 Å². The number of nitrogens with zero attached hydrogens (tertiary/aromatic N) is 2. The maximum Gasteiger partial charge on any atom is 0.435 e. The van der Waals surface area contributed by atoms with E-state index < -0.39 is 11.9 Å². The normalized spacial score (nSPS) is 19.0. The molecule has 90 valence electrons. The van der Waals surface area contributed by atoms with E-state index in [0.717, 1.165) is 31.4 Å². The largest absolute Gasteiger partial charge is 0.435 e. The van der Waals surface area contributed by atoms with E-state index in [9.17, 15) is 13.2 Å². The van der Waals surface area contributed by atoms with E-state index in [2.05, 4.69) is 5.10 Å². The number of aromatic nitrogens is 2. The Morgan fingerprint density at radius 1 is 1.25 bits per heavy atom. The molecular formula is C11H15F3N2. The first kappa shape index (κ1) is 11.5. The summed E-state index contributed by atoms with van der Waals surface area (Å²) in [4.78, 5) is 0. The van der Waals surface area contributed by atoms with Gasteiger partial charge in [-0.2, -0.15) is 18.3 Å². The third kappa shape index (κ3) is 2.23.